The van der Waals surface area contributed by atoms with Gasteiger partial charge in [0.15, 0.2) is 0 Å². The number of para-hydroxylation sites is 1. The van der Waals surface area contributed by atoms with Crippen molar-refractivity contribution in [3.05, 3.63) is 82.9 Å². The summed E-state index contributed by atoms with van der Waals surface area (Å²) in [5, 5.41) is 3.34. The van der Waals surface area contributed by atoms with E-state index in [1.165, 1.54) is 17.0 Å². The average molecular weight is 319 g/mol. The molecule has 0 unspecified atom stereocenters. The standard InChI is InChI=1S/C19H17N3O2/c23-18(11-10-15-6-2-1-3-7-15)20-12-13-22-14-21-17-9-5-4-8-16(17)19(22)24/h1-11,14H,12-13H2,(H,20,23)/b11-10+. The molecule has 3 aromatic rings. The van der Waals surface area contributed by atoms with Crippen molar-refractivity contribution in [1.82, 2.24) is 14.9 Å². The number of benzene rings is 2. The van der Waals surface area contributed by atoms with Gasteiger partial charge in [-0.05, 0) is 23.8 Å². The fraction of sp³-hybridized carbons (Fsp3) is 0.105. The Morgan fingerprint density at radius 3 is 2.67 bits per heavy atom. The van der Waals surface area contributed by atoms with Crippen molar-refractivity contribution in [2.45, 2.75) is 6.54 Å². The summed E-state index contributed by atoms with van der Waals surface area (Å²) in [4.78, 5) is 28.4. The van der Waals surface area contributed by atoms with E-state index in [2.05, 4.69) is 10.3 Å². The Labute approximate surface area is 139 Å². The molecule has 0 fully saturated rings. The van der Waals surface area contributed by atoms with Crippen LogP contribution < -0.4 is 10.9 Å². The zero-order valence-electron chi connectivity index (χ0n) is 13.1. The van der Waals surface area contributed by atoms with Crippen molar-refractivity contribution < 1.29 is 4.79 Å². The zero-order chi connectivity index (χ0) is 16.8. The molecular weight excluding hydrogens is 302 g/mol. The van der Waals surface area contributed by atoms with Crippen LogP contribution in [0.1, 0.15) is 5.56 Å². The van der Waals surface area contributed by atoms with Gasteiger partial charge in [-0.15, -0.1) is 0 Å². The molecule has 0 atom stereocenters. The second kappa shape index (κ2) is 7.37. The zero-order valence-corrected chi connectivity index (χ0v) is 13.1. The molecule has 0 aliphatic heterocycles. The van der Waals surface area contributed by atoms with E-state index in [0.717, 1.165) is 5.56 Å². The first kappa shape index (κ1) is 15.7. The van der Waals surface area contributed by atoms with E-state index >= 15 is 0 Å². The van der Waals surface area contributed by atoms with E-state index in [0.29, 0.717) is 24.0 Å². The van der Waals surface area contributed by atoms with E-state index in [1.807, 2.05) is 42.5 Å². The van der Waals surface area contributed by atoms with Crippen LogP contribution in [0.2, 0.25) is 0 Å². The van der Waals surface area contributed by atoms with Crippen LogP contribution in [-0.4, -0.2) is 22.0 Å². The first-order valence-electron chi connectivity index (χ1n) is 7.69. The molecule has 0 radical (unpaired) electrons. The highest BCUT2D eigenvalue weighted by Gasteiger charge is 2.03. The normalized spacial score (nSPS) is 11.0. The Bertz CT molecular complexity index is 930. The molecule has 2 aromatic carbocycles. The number of hydrogen-bond acceptors (Lipinski definition) is 3. The summed E-state index contributed by atoms with van der Waals surface area (Å²) in [7, 11) is 0. The van der Waals surface area contributed by atoms with E-state index in [4.69, 9.17) is 0 Å². The van der Waals surface area contributed by atoms with Gasteiger partial charge in [0, 0.05) is 19.2 Å². The number of aromatic nitrogens is 2. The minimum atomic E-state index is -0.194. The molecule has 1 aromatic heterocycles. The lowest BCUT2D eigenvalue weighted by Gasteiger charge is -2.07. The van der Waals surface area contributed by atoms with E-state index < -0.39 is 0 Å². The highest BCUT2D eigenvalue weighted by Crippen LogP contribution is 2.04. The van der Waals surface area contributed by atoms with Gasteiger partial charge in [0.1, 0.15) is 0 Å². The van der Waals surface area contributed by atoms with Gasteiger partial charge in [0.05, 0.1) is 17.2 Å². The summed E-state index contributed by atoms with van der Waals surface area (Å²) in [6.07, 6.45) is 4.74. The minimum absolute atomic E-state index is 0.102. The van der Waals surface area contributed by atoms with Gasteiger partial charge in [0.2, 0.25) is 5.91 Å². The number of nitrogens with zero attached hydrogens (tertiary/aromatic N) is 2. The van der Waals surface area contributed by atoms with Crippen LogP contribution in [0.25, 0.3) is 17.0 Å². The maximum Gasteiger partial charge on any atom is 0.261 e. The van der Waals surface area contributed by atoms with Crippen molar-refractivity contribution in [1.29, 1.82) is 0 Å². The quantitative estimate of drug-likeness (QED) is 0.734. The molecule has 1 heterocycles. The highest BCUT2D eigenvalue weighted by molar-refractivity contribution is 5.91. The summed E-state index contributed by atoms with van der Waals surface area (Å²) in [5.41, 5.74) is 1.53. The Hall–Kier alpha value is -3.21. The molecular formula is C19H17N3O2. The number of fused-ring (bicyclic) bond motifs is 1. The predicted molar refractivity (Wildman–Crippen MR) is 94.5 cm³/mol. The lowest BCUT2D eigenvalue weighted by molar-refractivity contribution is -0.116. The molecule has 0 bridgehead atoms. The molecule has 0 aliphatic carbocycles. The number of amides is 1. The molecule has 5 nitrogen and oxygen atoms in total. The van der Waals surface area contributed by atoms with E-state index in [-0.39, 0.29) is 11.5 Å². The maximum atomic E-state index is 12.3. The fourth-order valence-electron chi connectivity index (χ4n) is 2.36. The third-order valence-electron chi connectivity index (χ3n) is 3.61. The van der Waals surface area contributed by atoms with Gasteiger partial charge in [-0.2, -0.15) is 0 Å². The Balaban J connectivity index is 1.58. The van der Waals surface area contributed by atoms with Crippen molar-refractivity contribution in [2.75, 3.05) is 6.54 Å². The molecule has 0 spiro atoms. The molecule has 0 saturated carbocycles. The molecule has 24 heavy (non-hydrogen) atoms. The molecule has 1 amide bonds. The Morgan fingerprint density at radius 2 is 1.83 bits per heavy atom. The van der Waals surface area contributed by atoms with Gasteiger partial charge in [0.25, 0.3) is 5.56 Å². The van der Waals surface area contributed by atoms with Gasteiger partial charge < -0.3 is 5.32 Å². The molecule has 0 saturated heterocycles. The second-order valence-corrected chi connectivity index (χ2v) is 5.30. The van der Waals surface area contributed by atoms with Crippen molar-refractivity contribution in [3.63, 3.8) is 0 Å². The maximum absolute atomic E-state index is 12.3. The van der Waals surface area contributed by atoms with Crippen LogP contribution in [0.5, 0.6) is 0 Å². The van der Waals surface area contributed by atoms with E-state index in [9.17, 15) is 9.59 Å². The van der Waals surface area contributed by atoms with Crippen LogP contribution in [0, 0.1) is 0 Å². The molecule has 1 N–H and O–H groups in total. The summed E-state index contributed by atoms with van der Waals surface area (Å²) in [6.45, 7) is 0.736. The third-order valence-corrected chi connectivity index (χ3v) is 3.61. The summed E-state index contributed by atoms with van der Waals surface area (Å²) in [5.74, 6) is -0.194. The van der Waals surface area contributed by atoms with Gasteiger partial charge in [-0.25, -0.2) is 4.98 Å². The van der Waals surface area contributed by atoms with Crippen LogP contribution in [0.4, 0.5) is 0 Å². The van der Waals surface area contributed by atoms with Gasteiger partial charge >= 0.3 is 0 Å². The number of rotatable bonds is 5. The third kappa shape index (κ3) is 3.76. The smallest absolute Gasteiger partial charge is 0.261 e. The molecule has 5 heteroatoms. The monoisotopic (exact) mass is 319 g/mol. The SMILES string of the molecule is O=C(/C=C/c1ccccc1)NCCn1cnc2ccccc2c1=O. The number of carbonyl (C=O) groups is 1. The second-order valence-electron chi connectivity index (χ2n) is 5.30. The first-order valence-corrected chi connectivity index (χ1v) is 7.69. The fourth-order valence-corrected chi connectivity index (χ4v) is 2.36. The van der Waals surface area contributed by atoms with Gasteiger partial charge in [-0.3, -0.25) is 14.2 Å². The minimum Gasteiger partial charge on any atom is -0.351 e. The lowest BCUT2D eigenvalue weighted by atomic mass is 10.2. The van der Waals surface area contributed by atoms with E-state index in [1.54, 1.807) is 18.2 Å². The average Bonchev–Trinajstić information content (AvgIpc) is 2.63. The summed E-state index contributed by atoms with van der Waals surface area (Å²) >= 11 is 0. The van der Waals surface area contributed by atoms with Crippen molar-refractivity contribution in [2.24, 2.45) is 0 Å². The topological polar surface area (TPSA) is 64.0 Å². The van der Waals surface area contributed by atoms with Crippen molar-refractivity contribution in [3.8, 4) is 0 Å². The predicted octanol–water partition coefficient (Wildman–Crippen LogP) is 2.23. The largest absolute Gasteiger partial charge is 0.351 e. The van der Waals surface area contributed by atoms with Crippen LogP contribution in [0.15, 0.2) is 71.8 Å². The molecule has 3 rings (SSSR count). The highest BCUT2D eigenvalue weighted by atomic mass is 16.1. The number of carbonyl (C=O) groups excluding carboxylic acids is 1. The summed E-state index contributed by atoms with van der Waals surface area (Å²) < 4.78 is 1.50. The van der Waals surface area contributed by atoms with Crippen LogP contribution in [0.3, 0.4) is 0 Å². The summed E-state index contributed by atoms with van der Waals surface area (Å²) in [6, 6.07) is 16.8. The van der Waals surface area contributed by atoms with Crippen molar-refractivity contribution >= 4 is 22.9 Å². The molecule has 0 aliphatic rings. The van der Waals surface area contributed by atoms with Crippen LogP contribution in [-0.2, 0) is 11.3 Å². The Morgan fingerprint density at radius 1 is 1.08 bits per heavy atom. The lowest BCUT2D eigenvalue weighted by Crippen LogP contribution is -2.30. The number of nitrogens with one attached hydrogen (secondary N) is 1. The molecule has 120 valence electrons. The first-order chi connectivity index (χ1) is 11.7. The van der Waals surface area contributed by atoms with Gasteiger partial charge in [-0.1, -0.05) is 42.5 Å². The Kier molecular flexibility index (Phi) is 4.81. The number of hydrogen-bond donors (Lipinski definition) is 1. The van der Waals surface area contributed by atoms with Crippen LogP contribution >= 0.6 is 0 Å².